The summed E-state index contributed by atoms with van der Waals surface area (Å²) >= 11 is 0. The van der Waals surface area contributed by atoms with Crippen LogP contribution in [0.5, 0.6) is 0 Å². The Morgan fingerprint density at radius 1 is 1.29 bits per heavy atom. The minimum Gasteiger partial charge on any atom is -0.467 e. The van der Waals surface area contributed by atoms with Gasteiger partial charge in [-0.25, -0.2) is 4.79 Å². The van der Waals surface area contributed by atoms with Crippen LogP contribution in [0.1, 0.15) is 32.3 Å². The normalized spacial score (nSPS) is 11.9. The van der Waals surface area contributed by atoms with E-state index in [2.05, 4.69) is 24.4 Å². The zero-order valence-electron chi connectivity index (χ0n) is 10.8. The summed E-state index contributed by atoms with van der Waals surface area (Å²) in [4.78, 5) is 11.4. The highest BCUT2D eigenvalue weighted by Crippen LogP contribution is 2.13. The zero-order valence-corrected chi connectivity index (χ0v) is 10.8. The van der Waals surface area contributed by atoms with Crippen molar-refractivity contribution in [3.8, 4) is 0 Å². The lowest BCUT2D eigenvalue weighted by Crippen LogP contribution is -2.29. The molecule has 1 unspecified atom stereocenters. The largest absolute Gasteiger partial charge is 0.467 e. The maximum absolute atomic E-state index is 11.4. The summed E-state index contributed by atoms with van der Waals surface area (Å²) in [7, 11) is 1.41. The molecular weight excluding hydrogens is 214 g/mol. The van der Waals surface area contributed by atoms with E-state index in [0.29, 0.717) is 6.42 Å². The molecule has 0 spiro atoms. The Morgan fingerprint density at radius 3 is 2.41 bits per heavy atom. The molecule has 1 rings (SSSR count). The lowest BCUT2D eigenvalue weighted by molar-refractivity contribution is -0.141. The second-order valence-electron chi connectivity index (χ2n) is 4.08. The number of ether oxygens (including phenoxy) is 1. The Morgan fingerprint density at radius 2 is 1.94 bits per heavy atom. The Labute approximate surface area is 103 Å². The molecule has 1 aromatic rings. The van der Waals surface area contributed by atoms with E-state index in [4.69, 9.17) is 4.74 Å². The highest BCUT2D eigenvalue weighted by atomic mass is 16.5. The van der Waals surface area contributed by atoms with E-state index in [9.17, 15) is 4.79 Å². The number of hydrogen-bond acceptors (Lipinski definition) is 3. The van der Waals surface area contributed by atoms with Crippen molar-refractivity contribution in [2.45, 2.75) is 39.2 Å². The molecule has 0 aliphatic rings. The smallest absolute Gasteiger partial charge is 0.328 e. The van der Waals surface area contributed by atoms with Gasteiger partial charge in [-0.15, -0.1) is 0 Å². The molecule has 17 heavy (non-hydrogen) atoms. The number of aryl methyl sites for hydroxylation is 1. The number of esters is 1. The minimum absolute atomic E-state index is 0.217. The van der Waals surface area contributed by atoms with E-state index in [-0.39, 0.29) is 12.0 Å². The fourth-order valence-electron chi connectivity index (χ4n) is 1.73. The summed E-state index contributed by atoms with van der Waals surface area (Å²) in [5.41, 5.74) is 2.28. The number of nitrogens with one attached hydrogen (secondary N) is 1. The first-order chi connectivity index (χ1) is 8.21. The van der Waals surface area contributed by atoms with Crippen molar-refractivity contribution in [3.63, 3.8) is 0 Å². The van der Waals surface area contributed by atoms with Crippen molar-refractivity contribution in [1.29, 1.82) is 0 Å². The van der Waals surface area contributed by atoms with Crippen LogP contribution in [0.2, 0.25) is 0 Å². The number of hydrogen-bond donors (Lipinski definition) is 1. The third kappa shape index (κ3) is 4.10. The second-order valence-corrected chi connectivity index (χ2v) is 4.08. The van der Waals surface area contributed by atoms with Gasteiger partial charge in [-0.3, -0.25) is 0 Å². The lowest BCUT2D eigenvalue weighted by atomic mass is 10.1. The first-order valence-electron chi connectivity index (χ1n) is 6.14. The number of carbonyl (C=O) groups excluding carboxylic acids is 1. The summed E-state index contributed by atoms with van der Waals surface area (Å²) in [6, 6.07) is 7.94. The molecule has 0 amide bonds. The van der Waals surface area contributed by atoms with Gasteiger partial charge in [-0.2, -0.15) is 0 Å². The molecule has 0 radical (unpaired) electrons. The number of rotatable bonds is 6. The summed E-state index contributed by atoms with van der Waals surface area (Å²) in [6.07, 6.45) is 2.95. The molecule has 0 aliphatic carbocycles. The van der Waals surface area contributed by atoms with Crippen LogP contribution in [0.4, 0.5) is 5.69 Å². The van der Waals surface area contributed by atoms with Crippen LogP contribution in [-0.2, 0) is 16.0 Å². The summed E-state index contributed by atoms with van der Waals surface area (Å²) in [5, 5.41) is 3.17. The molecule has 3 nitrogen and oxygen atoms in total. The first kappa shape index (κ1) is 13.6. The van der Waals surface area contributed by atoms with E-state index in [1.54, 1.807) is 0 Å². The SMILES string of the molecule is CCCc1ccc(NC(CC)C(=O)OC)cc1. The Kier molecular flexibility index (Phi) is 5.53. The van der Waals surface area contributed by atoms with Gasteiger partial charge in [-0.1, -0.05) is 32.4 Å². The molecule has 0 fully saturated rings. The topological polar surface area (TPSA) is 38.3 Å². The van der Waals surface area contributed by atoms with Crippen LogP contribution in [0, 0.1) is 0 Å². The van der Waals surface area contributed by atoms with E-state index in [1.807, 2.05) is 19.1 Å². The highest BCUT2D eigenvalue weighted by Gasteiger charge is 2.15. The lowest BCUT2D eigenvalue weighted by Gasteiger charge is -2.15. The molecule has 0 saturated heterocycles. The number of methoxy groups -OCH3 is 1. The van der Waals surface area contributed by atoms with Crippen molar-refractivity contribution in [2.75, 3.05) is 12.4 Å². The van der Waals surface area contributed by atoms with Crippen LogP contribution >= 0.6 is 0 Å². The van der Waals surface area contributed by atoms with Crippen molar-refractivity contribution >= 4 is 11.7 Å². The van der Waals surface area contributed by atoms with E-state index in [1.165, 1.54) is 12.7 Å². The van der Waals surface area contributed by atoms with Crippen LogP contribution < -0.4 is 5.32 Å². The van der Waals surface area contributed by atoms with Gasteiger partial charge < -0.3 is 10.1 Å². The molecule has 0 heterocycles. The summed E-state index contributed by atoms with van der Waals surface area (Å²) in [6.45, 7) is 4.12. The van der Waals surface area contributed by atoms with E-state index < -0.39 is 0 Å². The zero-order chi connectivity index (χ0) is 12.7. The second kappa shape index (κ2) is 6.94. The van der Waals surface area contributed by atoms with Gasteiger partial charge in [0.05, 0.1) is 7.11 Å². The van der Waals surface area contributed by atoms with Crippen LogP contribution in [-0.4, -0.2) is 19.1 Å². The minimum atomic E-state index is -0.267. The maximum atomic E-state index is 11.4. The predicted octanol–water partition coefficient (Wildman–Crippen LogP) is 3.00. The molecule has 1 N–H and O–H groups in total. The number of anilines is 1. The quantitative estimate of drug-likeness (QED) is 0.770. The maximum Gasteiger partial charge on any atom is 0.328 e. The van der Waals surface area contributed by atoms with Crippen molar-refractivity contribution in [3.05, 3.63) is 29.8 Å². The average molecular weight is 235 g/mol. The van der Waals surface area contributed by atoms with Gasteiger partial charge in [0.15, 0.2) is 0 Å². The van der Waals surface area contributed by atoms with E-state index in [0.717, 1.165) is 18.5 Å². The third-order valence-corrected chi connectivity index (χ3v) is 2.73. The fourth-order valence-corrected chi connectivity index (χ4v) is 1.73. The molecule has 0 aliphatic heterocycles. The molecule has 0 saturated carbocycles. The molecule has 1 atom stereocenters. The monoisotopic (exact) mass is 235 g/mol. The third-order valence-electron chi connectivity index (χ3n) is 2.73. The molecule has 0 bridgehead atoms. The molecule has 94 valence electrons. The van der Waals surface area contributed by atoms with E-state index >= 15 is 0 Å². The van der Waals surface area contributed by atoms with Crippen LogP contribution in [0.25, 0.3) is 0 Å². The van der Waals surface area contributed by atoms with Crippen LogP contribution in [0.15, 0.2) is 24.3 Å². The highest BCUT2D eigenvalue weighted by molar-refractivity contribution is 5.79. The Bertz CT molecular complexity index is 346. The molecular formula is C14H21NO2. The van der Waals surface area contributed by atoms with Crippen molar-refractivity contribution in [2.24, 2.45) is 0 Å². The Balaban J connectivity index is 2.64. The molecule has 1 aromatic carbocycles. The first-order valence-corrected chi connectivity index (χ1v) is 6.14. The Hall–Kier alpha value is -1.51. The molecule has 0 aromatic heterocycles. The van der Waals surface area contributed by atoms with Crippen LogP contribution in [0.3, 0.4) is 0 Å². The molecule has 3 heteroatoms. The van der Waals surface area contributed by atoms with Gasteiger partial charge >= 0.3 is 5.97 Å². The standard InChI is InChI=1S/C14H21NO2/c1-4-6-11-7-9-12(10-8-11)15-13(5-2)14(16)17-3/h7-10,13,15H,4-6H2,1-3H3. The summed E-state index contributed by atoms with van der Waals surface area (Å²) < 4.78 is 4.74. The number of carbonyl (C=O) groups is 1. The van der Waals surface area contributed by atoms with Crippen molar-refractivity contribution < 1.29 is 9.53 Å². The van der Waals surface area contributed by atoms with Crippen molar-refractivity contribution in [1.82, 2.24) is 0 Å². The van der Waals surface area contributed by atoms with Gasteiger partial charge in [0, 0.05) is 5.69 Å². The predicted molar refractivity (Wildman–Crippen MR) is 70.2 cm³/mol. The van der Waals surface area contributed by atoms with Gasteiger partial charge in [0.25, 0.3) is 0 Å². The van der Waals surface area contributed by atoms with Gasteiger partial charge in [0.2, 0.25) is 0 Å². The number of benzene rings is 1. The summed E-state index contributed by atoms with van der Waals surface area (Å²) in [5.74, 6) is -0.217. The average Bonchev–Trinajstić information content (AvgIpc) is 2.37. The van der Waals surface area contributed by atoms with Gasteiger partial charge in [0.1, 0.15) is 6.04 Å². The van der Waals surface area contributed by atoms with Gasteiger partial charge in [-0.05, 0) is 30.5 Å². The fraction of sp³-hybridized carbons (Fsp3) is 0.500.